The van der Waals surface area contributed by atoms with Gasteiger partial charge in [0.15, 0.2) is 0 Å². The Bertz CT molecular complexity index is 371. The first-order chi connectivity index (χ1) is 8.11. The first-order valence-electron chi connectivity index (χ1n) is 5.46. The van der Waals surface area contributed by atoms with Gasteiger partial charge in [0.2, 0.25) is 0 Å². The molecule has 0 saturated heterocycles. The molecule has 0 spiro atoms. The monoisotopic (exact) mass is 240 g/mol. The third-order valence-corrected chi connectivity index (χ3v) is 2.36. The van der Waals surface area contributed by atoms with E-state index in [2.05, 4.69) is 9.72 Å². The quantitative estimate of drug-likeness (QED) is 0.708. The predicted octanol–water partition coefficient (Wildman–Crippen LogP) is 1.61. The van der Waals surface area contributed by atoms with Crippen LogP contribution in [0.25, 0.3) is 0 Å². The van der Waals surface area contributed by atoms with Crippen LogP contribution in [0.5, 0.6) is 0 Å². The van der Waals surface area contributed by atoms with Crippen LogP contribution in [0.2, 0.25) is 0 Å². The molecule has 1 rings (SSSR count). The number of carbonyl (C=O) groups excluding carboxylic acids is 1. The van der Waals surface area contributed by atoms with E-state index in [0.717, 1.165) is 18.5 Å². The number of ether oxygens (including phenoxy) is 1. The van der Waals surface area contributed by atoms with Gasteiger partial charge in [0.1, 0.15) is 5.82 Å². The Balaban J connectivity index is 2.29. The SMILES string of the molecule is COC(=O)CCCN(C)Cc1cncc(F)c1. The predicted molar refractivity (Wildman–Crippen MR) is 61.8 cm³/mol. The largest absolute Gasteiger partial charge is 0.469 e. The van der Waals surface area contributed by atoms with E-state index in [0.29, 0.717) is 13.0 Å². The van der Waals surface area contributed by atoms with Crippen molar-refractivity contribution in [3.63, 3.8) is 0 Å². The smallest absolute Gasteiger partial charge is 0.305 e. The Morgan fingerprint density at radius 2 is 2.29 bits per heavy atom. The Labute approximate surface area is 100 Å². The van der Waals surface area contributed by atoms with Crippen LogP contribution in [0, 0.1) is 5.82 Å². The van der Waals surface area contributed by atoms with Crippen LogP contribution in [0.3, 0.4) is 0 Å². The number of carbonyl (C=O) groups is 1. The third-order valence-electron chi connectivity index (χ3n) is 2.36. The van der Waals surface area contributed by atoms with Crippen LogP contribution in [0.15, 0.2) is 18.5 Å². The van der Waals surface area contributed by atoms with E-state index >= 15 is 0 Å². The van der Waals surface area contributed by atoms with Gasteiger partial charge in [-0.05, 0) is 31.6 Å². The van der Waals surface area contributed by atoms with Crippen LogP contribution in [0.4, 0.5) is 4.39 Å². The second-order valence-electron chi connectivity index (χ2n) is 3.93. The van der Waals surface area contributed by atoms with Crippen molar-refractivity contribution >= 4 is 5.97 Å². The number of halogens is 1. The van der Waals surface area contributed by atoms with E-state index < -0.39 is 0 Å². The van der Waals surface area contributed by atoms with Gasteiger partial charge < -0.3 is 9.64 Å². The zero-order valence-corrected chi connectivity index (χ0v) is 10.1. The molecule has 0 unspecified atom stereocenters. The third kappa shape index (κ3) is 5.40. The van der Waals surface area contributed by atoms with Gasteiger partial charge in [0.05, 0.1) is 13.3 Å². The van der Waals surface area contributed by atoms with Gasteiger partial charge >= 0.3 is 5.97 Å². The molecular formula is C12H17FN2O2. The molecule has 0 N–H and O–H groups in total. The molecule has 0 aromatic carbocycles. The normalized spacial score (nSPS) is 10.6. The molecule has 5 heteroatoms. The van der Waals surface area contributed by atoms with Crippen LogP contribution in [0.1, 0.15) is 18.4 Å². The minimum atomic E-state index is -0.328. The number of rotatable bonds is 6. The van der Waals surface area contributed by atoms with Crippen molar-refractivity contribution in [1.29, 1.82) is 0 Å². The molecule has 0 saturated carbocycles. The summed E-state index contributed by atoms with van der Waals surface area (Å²) in [6.45, 7) is 1.37. The van der Waals surface area contributed by atoms with E-state index in [-0.39, 0.29) is 11.8 Å². The summed E-state index contributed by atoms with van der Waals surface area (Å²) in [5, 5.41) is 0. The summed E-state index contributed by atoms with van der Waals surface area (Å²) in [7, 11) is 3.30. The van der Waals surface area contributed by atoms with E-state index in [4.69, 9.17) is 0 Å². The summed E-state index contributed by atoms with van der Waals surface area (Å²) in [5.74, 6) is -0.531. The van der Waals surface area contributed by atoms with Crippen molar-refractivity contribution in [1.82, 2.24) is 9.88 Å². The number of pyridine rings is 1. The molecule has 1 aromatic heterocycles. The van der Waals surface area contributed by atoms with Crippen molar-refractivity contribution in [2.75, 3.05) is 20.7 Å². The van der Waals surface area contributed by atoms with Crippen LogP contribution in [-0.2, 0) is 16.1 Å². The number of esters is 1. The van der Waals surface area contributed by atoms with Crippen molar-refractivity contribution in [3.05, 3.63) is 29.8 Å². The lowest BCUT2D eigenvalue weighted by Gasteiger charge is -2.15. The van der Waals surface area contributed by atoms with Gasteiger partial charge in [0.25, 0.3) is 0 Å². The molecule has 0 amide bonds. The summed E-state index contributed by atoms with van der Waals surface area (Å²) in [6, 6.07) is 1.46. The summed E-state index contributed by atoms with van der Waals surface area (Å²) in [4.78, 5) is 16.7. The minimum Gasteiger partial charge on any atom is -0.469 e. The molecule has 0 aliphatic rings. The van der Waals surface area contributed by atoms with Gasteiger partial charge in [-0.25, -0.2) is 4.39 Å². The Morgan fingerprint density at radius 3 is 2.94 bits per heavy atom. The average Bonchev–Trinajstić information content (AvgIpc) is 2.28. The second kappa shape index (κ2) is 6.96. The van der Waals surface area contributed by atoms with Crippen molar-refractivity contribution in [2.24, 2.45) is 0 Å². The average molecular weight is 240 g/mol. The lowest BCUT2D eigenvalue weighted by molar-refractivity contribution is -0.140. The maximum absolute atomic E-state index is 12.9. The Morgan fingerprint density at radius 1 is 1.53 bits per heavy atom. The Kier molecular flexibility index (Phi) is 5.56. The summed E-state index contributed by atoms with van der Waals surface area (Å²) in [6.07, 6.45) is 3.95. The van der Waals surface area contributed by atoms with Crippen LogP contribution in [-0.4, -0.2) is 36.6 Å². The summed E-state index contributed by atoms with van der Waals surface area (Å²) < 4.78 is 17.4. The summed E-state index contributed by atoms with van der Waals surface area (Å²) in [5.41, 5.74) is 0.825. The van der Waals surface area contributed by atoms with Gasteiger partial charge in [-0.15, -0.1) is 0 Å². The molecule has 0 atom stereocenters. The molecule has 0 fully saturated rings. The molecule has 1 heterocycles. The number of methoxy groups -OCH3 is 1. The molecule has 1 aromatic rings. The topological polar surface area (TPSA) is 42.4 Å². The van der Waals surface area contributed by atoms with E-state index in [9.17, 15) is 9.18 Å². The van der Waals surface area contributed by atoms with Gasteiger partial charge in [-0.3, -0.25) is 9.78 Å². The van der Waals surface area contributed by atoms with E-state index in [1.165, 1.54) is 19.4 Å². The maximum Gasteiger partial charge on any atom is 0.305 e. The second-order valence-corrected chi connectivity index (χ2v) is 3.93. The molecule has 94 valence electrons. The molecular weight excluding hydrogens is 223 g/mol. The highest BCUT2D eigenvalue weighted by atomic mass is 19.1. The van der Waals surface area contributed by atoms with Gasteiger partial charge in [-0.2, -0.15) is 0 Å². The zero-order chi connectivity index (χ0) is 12.7. The van der Waals surface area contributed by atoms with E-state index in [1.54, 1.807) is 6.20 Å². The van der Waals surface area contributed by atoms with Crippen molar-refractivity contribution in [3.8, 4) is 0 Å². The zero-order valence-electron chi connectivity index (χ0n) is 10.1. The highest BCUT2D eigenvalue weighted by Gasteiger charge is 2.04. The highest BCUT2D eigenvalue weighted by Crippen LogP contribution is 2.05. The van der Waals surface area contributed by atoms with Crippen LogP contribution >= 0.6 is 0 Å². The highest BCUT2D eigenvalue weighted by molar-refractivity contribution is 5.69. The molecule has 0 aliphatic heterocycles. The molecule has 0 radical (unpaired) electrons. The number of aromatic nitrogens is 1. The molecule has 4 nitrogen and oxygen atoms in total. The van der Waals surface area contributed by atoms with Gasteiger partial charge in [-0.1, -0.05) is 0 Å². The number of hydrogen-bond donors (Lipinski definition) is 0. The standard InChI is InChI=1S/C12H17FN2O2/c1-15(5-3-4-12(16)17-2)9-10-6-11(13)8-14-7-10/h6-8H,3-5,9H2,1-2H3. The summed E-state index contributed by atoms with van der Waals surface area (Å²) >= 11 is 0. The van der Waals surface area contributed by atoms with Gasteiger partial charge in [0, 0.05) is 19.2 Å². The van der Waals surface area contributed by atoms with Crippen molar-refractivity contribution in [2.45, 2.75) is 19.4 Å². The van der Waals surface area contributed by atoms with E-state index in [1.807, 2.05) is 11.9 Å². The lowest BCUT2D eigenvalue weighted by atomic mass is 10.2. The van der Waals surface area contributed by atoms with Crippen LogP contribution < -0.4 is 0 Å². The fraction of sp³-hybridized carbons (Fsp3) is 0.500. The first kappa shape index (κ1) is 13.6. The Hall–Kier alpha value is -1.49. The molecule has 17 heavy (non-hydrogen) atoms. The number of hydrogen-bond acceptors (Lipinski definition) is 4. The minimum absolute atomic E-state index is 0.203. The number of nitrogens with zero attached hydrogens (tertiary/aromatic N) is 2. The fourth-order valence-electron chi connectivity index (χ4n) is 1.53. The maximum atomic E-state index is 12.9. The molecule has 0 bridgehead atoms. The first-order valence-corrected chi connectivity index (χ1v) is 5.46. The lowest BCUT2D eigenvalue weighted by Crippen LogP contribution is -2.20. The van der Waals surface area contributed by atoms with Crippen molar-refractivity contribution < 1.29 is 13.9 Å². The molecule has 0 aliphatic carbocycles. The fourth-order valence-corrected chi connectivity index (χ4v) is 1.53.